The lowest BCUT2D eigenvalue weighted by Crippen LogP contribution is -2.41. The Morgan fingerprint density at radius 3 is 2.24 bits per heavy atom. The van der Waals surface area contributed by atoms with Crippen LogP contribution in [0.4, 0.5) is 5.69 Å². The van der Waals surface area contributed by atoms with Gasteiger partial charge in [-0.2, -0.15) is 9.57 Å². The Morgan fingerprint density at radius 1 is 1.00 bits per heavy atom. The summed E-state index contributed by atoms with van der Waals surface area (Å²) < 4.78 is 38.7. The van der Waals surface area contributed by atoms with Gasteiger partial charge in [0.2, 0.25) is 10.0 Å². The molecule has 0 aliphatic carbocycles. The fraction of sp³-hybridized carbons (Fsp3) is 0.417. The van der Waals surface area contributed by atoms with Crippen molar-refractivity contribution < 1.29 is 22.7 Å². The number of morpholine rings is 2. The highest BCUT2D eigenvalue weighted by atomic mass is 32.2. The summed E-state index contributed by atoms with van der Waals surface area (Å²) in [4.78, 5) is 17.3. The number of anilines is 1. The zero-order valence-corrected chi connectivity index (χ0v) is 20.0. The van der Waals surface area contributed by atoms with Gasteiger partial charge in [-0.1, -0.05) is 12.1 Å². The predicted molar refractivity (Wildman–Crippen MR) is 126 cm³/mol. The van der Waals surface area contributed by atoms with Crippen LogP contribution in [0.5, 0.6) is 0 Å². The zero-order valence-electron chi connectivity index (χ0n) is 19.1. The number of hydrogen-bond donors (Lipinski definition) is 0. The van der Waals surface area contributed by atoms with E-state index in [1.54, 1.807) is 36.2 Å². The molecule has 34 heavy (non-hydrogen) atoms. The molecule has 2 aromatic rings. The van der Waals surface area contributed by atoms with Crippen molar-refractivity contribution in [3.8, 4) is 6.07 Å². The molecule has 0 unspecified atom stereocenters. The second-order valence-corrected chi connectivity index (χ2v) is 10.2. The van der Waals surface area contributed by atoms with E-state index in [4.69, 9.17) is 14.7 Å². The van der Waals surface area contributed by atoms with Crippen LogP contribution in [-0.2, 0) is 26.0 Å². The van der Waals surface area contributed by atoms with Crippen LogP contribution < -0.4 is 4.90 Å². The molecule has 180 valence electrons. The third kappa shape index (κ3) is 5.23. The Morgan fingerprint density at radius 2 is 1.62 bits per heavy atom. The summed E-state index contributed by atoms with van der Waals surface area (Å²) in [6, 6.07) is 13.9. The zero-order chi connectivity index (χ0) is 24.1. The summed E-state index contributed by atoms with van der Waals surface area (Å²) in [7, 11) is -2.06. The van der Waals surface area contributed by atoms with E-state index in [0.29, 0.717) is 62.9 Å². The molecule has 4 rings (SSSR count). The molecule has 0 bridgehead atoms. The van der Waals surface area contributed by atoms with Gasteiger partial charge < -0.3 is 19.3 Å². The van der Waals surface area contributed by atoms with Crippen LogP contribution in [0.25, 0.3) is 0 Å². The van der Waals surface area contributed by atoms with Crippen molar-refractivity contribution in [1.82, 2.24) is 9.21 Å². The molecule has 0 aromatic heterocycles. The van der Waals surface area contributed by atoms with E-state index in [-0.39, 0.29) is 23.9 Å². The fourth-order valence-corrected chi connectivity index (χ4v) is 5.53. The van der Waals surface area contributed by atoms with Gasteiger partial charge in [0.15, 0.2) is 0 Å². The summed E-state index contributed by atoms with van der Waals surface area (Å²) in [5, 5.41) is 9.00. The number of nitriles is 1. The number of amides is 1. The molecule has 2 fully saturated rings. The molecular formula is C24H28N4O5S. The topological polar surface area (TPSA) is 103 Å². The van der Waals surface area contributed by atoms with Gasteiger partial charge >= 0.3 is 0 Å². The van der Waals surface area contributed by atoms with Gasteiger partial charge in [-0.15, -0.1) is 0 Å². The molecule has 0 radical (unpaired) electrons. The predicted octanol–water partition coefficient (Wildman–Crippen LogP) is 1.69. The minimum Gasteiger partial charge on any atom is -0.379 e. The van der Waals surface area contributed by atoms with E-state index in [2.05, 4.69) is 11.0 Å². The number of ether oxygens (including phenoxy) is 2. The fourth-order valence-electron chi connectivity index (χ4n) is 4.10. The van der Waals surface area contributed by atoms with Crippen LogP contribution in [0.3, 0.4) is 0 Å². The van der Waals surface area contributed by atoms with Crippen LogP contribution in [0.1, 0.15) is 21.5 Å². The normalized spacial score (nSPS) is 17.2. The molecule has 0 atom stereocenters. The molecular weight excluding hydrogens is 456 g/mol. The van der Waals surface area contributed by atoms with Crippen molar-refractivity contribution in [2.24, 2.45) is 0 Å². The molecule has 0 spiro atoms. The van der Waals surface area contributed by atoms with Crippen LogP contribution in [0.15, 0.2) is 47.4 Å². The Kier molecular flexibility index (Phi) is 7.48. The van der Waals surface area contributed by atoms with Crippen LogP contribution in [0.2, 0.25) is 0 Å². The van der Waals surface area contributed by atoms with E-state index in [1.807, 2.05) is 12.1 Å². The largest absolute Gasteiger partial charge is 0.379 e. The first-order valence-electron chi connectivity index (χ1n) is 11.2. The summed E-state index contributed by atoms with van der Waals surface area (Å²) in [5.74, 6) is -0.273. The van der Waals surface area contributed by atoms with Gasteiger partial charge in [0, 0.05) is 45.5 Å². The Hall–Kier alpha value is -2.97. The lowest BCUT2D eigenvalue weighted by Gasteiger charge is -2.32. The van der Waals surface area contributed by atoms with Gasteiger partial charge in [-0.25, -0.2) is 8.42 Å². The molecule has 0 N–H and O–H groups in total. The quantitative estimate of drug-likeness (QED) is 0.615. The van der Waals surface area contributed by atoms with Gasteiger partial charge in [0.25, 0.3) is 5.91 Å². The minimum atomic E-state index is -3.75. The summed E-state index contributed by atoms with van der Waals surface area (Å²) in [5.41, 5.74) is 2.46. The molecule has 10 heteroatoms. The van der Waals surface area contributed by atoms with Crippen molar-refractivity contribution in [3.63, 3.8) is 0 Å². The molecule has 2 aromatic carbocycles. The first-order chi connectivity index (χ1) is 16.4. The van der Waals surface area contributed by atoms with Crippen molar-refractivity contribution in [2.45, 2.75) is 11.4 Å². The van der Waals surface area contributed by atoms with E-state index < -0.39 is 10.0 Å². The number of benzene rings is 2. The second-order valence-electron chi connectivity index (χ2n) is 8.26. The van der Waals surface area contributed by atoms with E-state index in [1.165, 1.54) is 10.4 Å². The molecule has 2 saturated heterocycles. The molecule has 2 heterocycles. The van der Waals surface area contributed by atoms with Crippen LogP contribution in [0, 0.1) is 11.3 Å². The highest BCUT2D eigenvalue weighted by Gasteiger charge is 2.29. The maximum absolute atomic E-state index is 13.6. The van der Waals surface area contributed by atoms with Crippen molar-refractivity contribution in [3.05, 3.63) is 59.2 Å². The first-order valence-corrected chi connectivity index (χ1v) is 12.6. The molecule has 9 nitrogen and oxygen atoms in total. The summed E-state index contributed by atoms with van der Waals surface area (Å²) in [6.07, 6.45) is 0. The molecule has 0 saturated carbocycles. The number of carbonyl (C=O) groups excluding carboxylic acids is 1. The van der Waals surface area contributed by atoms with Crippen molar-refractivity contribution in [1.29, 1.82) is 5.26 Å². The molecule has 2 aliphatic rings. The first kappa shape index (κ1) is 24.2. The lowest BCUT2D eigenvalue weighted by molar-refractivity contribution is 0.0730. The maximum atomic E-state index is 13.6. The summed E-state index contributed by atoms with van der Waals surface area (Å²) in [6.45, 7) is 3.93. The van der Waals surface area contributed by atoms with Crippen molar-refractivity contribution >= 4 is 21.6 Å². The molecule has 1 amide bonds. The van der Waals surface area contributed by atoms with Gasteiger partial charge in [-0.05, 0) is 35.9 Å². The third-order valence-electron chi connectivity index (χ3n) is 6.01. The van der Waals surface area contributed by atoms with E-state index in [0.717, 1.165) is 5.56 Å². The van der Waals surface area contributed by atoms with Crippen LogP contribution >= 0.6 is 0 Å². The Balaban J connectivity index is 1.66. The van der Waals surface area contributed by atoms with Gasteiger partial charge in [0.1, 0.15) is 0 Å². The number of nitrogens with zero attached hydrogens (tertiary/aromatic N) is 4. The number of sulfonamides is 1. The highest BCUT2D eigenvalue weighted by Crippen LogP contribution is 2.28. The highest BCUT2D eigenvalue weighted by molar-refractivity contribution is 7.89. The number of carbonyl (C=O) groups is 1. The Labute approximate surface area is 200 Å². The molecule has 2 aliphatic heterocycles. The lowest BCUT2D eigenvalue weighted by atomic mass is 10.1. The van der Waals surface area contributed by atoms with Crippen LogP contribution in [-0.4, -0.2) is 83.2 Å². The summed E-state index contributed by atoms with van der Waals surface area (Å²) >= 11 is 0. The minimum absolute atomic E-state index is 0.0986. The maximum Gasteiger partial charge on any atom is 0.256 e. The monoisotopic (exact) mass is 484 g/mol. The SMILES string of the molecule is CN(Cc1ccc(C#N)cc1)C(=O)c1cc(S(=O)(=O)N2CCOCC2)ccc1N1CCOCC1. The standard InChI is InChI=1S/C24H28N4O5S/c1-26(18-20-4-2-19(17-25)3-5-20)24(29)22-16-21(34(30,31)28-10-14-33-15-11-28)6-7-23(22)27-8-12-32-13-9-27/h2-7,16H,8-15,18H2,1H3. The average molecular weight is 485 g/mol. The Bertz CT molecular complexity index is 1160. The number of rotatable bonds is 6. The number of hydrogen-bond acceptors (Lipinski definition) is 7. The van der Waals surface area contributed by atoms with Crippen molar-refractivity contribution in [2.75, 3.05) is 64.6 Å². The average Bonchev–Trinajstić information content (AvgIpc) is 2.89. The third-order valence-corrected chi connectivity index (χ3v) is 7.90. The van der Waals surface area contributed by atoms with Gasteiger partial charge in [-0.3, -0.25) is 4.79 Å². The second kappa shape index (κ2) is 10.5. The van der Waals surface area contributed by atoms with Gasteiger partial charge in [0.05, 0.1) is 48.5 Å². The van der Waals surface area contributed by atoms with E-state index >= 15 is 0 Å². The van der Waals surface area contributed by atoms with E-state index in [9.17, 15) is 13.2 Å². The smallest absolute Gasteiger partial charge is 0.256 e.